The minimum Gasteiger partial charge on any atom is -0.320 e. The molecule has 2 heterocycles. The van der Waals surface area contributed by atoms with Crippen molar-refractivity contribution in [2.24, 2.45) is 17.6 Å². The van der Waals surface area contributed by atoms with Gasteiger partial charge in [0.05, 0.1) is 11.4 Å². The fourth-order valence-electron chi connectivity index (χ4n) is 2.27. The van der Waals surface area contributed by atoms with Crippen LogP contribution in [0.2, 0.25) is 0 Å². The number of rotatable bonds is 2. The van der Waals surface area contributed by atoms with E-state index < -0.39 is 0 Å². The first-order chi connectivity index (χ1) is 8.19. The zero-order chi connectivity index (χ0) is 12.3. The average Bonchev–Trinajstić information content (AvgIpc) is 2.85. The summed E-state index contributed by atoms with van der Waals surface area (Å²) in [6.07, 6.45) is 0. The topological polar surface area (TPSA) is 29.3 Å². The first kappa shape index (κ1) is 12.6. The van der Waals surface area contributed by atoms with Crippen molar-refractivity contribution < 1.29 is 0 Å². The Morgan fingerprint density at radius 2 is 2.06 bits per heavy atom. The lowest BCUT2D eigenvalue weighted by Gasteiger charge is -2.13. The van der Waals surface area contributed by atoms with E-state index in [4.69, 9.17) is 5.73 Å². The lowest BCUT2D eigenvalue weighted by atomic mass is 10.0. The van der Waals surface area contributed by atoms with Crippen LogP contribution in [0.15, 0.2) is 12.1 Å². The molecule has 2 atom stereocenters. The van der Waals surface area contributed by atoms with Crippen LogP contribution in [0.4, 0.5) is 0 Å². The number of thiophene rings is 1. The van der Waals surface area contributed by atoms with Gasteiger partial charge in [-0.3, -0.25) is 4.90 Å². The maximum Gasteiger partial charge on any atom is 0.0772 e. The van der Waals surface area contributed by atoms with Crippen molar-refractivity contribution >= 4 is 11.3 Å². The molecule has 0 bridgehead atoms. The highest BCUT2D eigenvalue weighted by Crippen LogP contribution is 2.25. The van der Waals surface area contributed by atoms with Gasteiger partial charge in [-0.1, -0.05) is 25.7 Å². The minimum absolute atomic E-state index is 0.439. The Hall–Kier alpha value is -0.820. The van der Waals surface area contributed by atoms with Crippen molar-refractivity contribution in [1.29, 1.82) is 0 Å². The monoisotopic (exact) mass is 248 g/mol. The van der Waals surface area contributed by atoms with Crippen molar-refractivity contribution in [1.82, 2.24) is 4.90 Å². The number of likely N-dealkylation sites (tertiary alicyclic amines) is 1. The highest BCUT2D eigenvalue weighted by molar-refractivity contribution is 7.12. The maximum absolute atomic E-state index is 5.37. The summed E-state index contributed by atoms with van der Waals surface area (Å²) in [7, 11) is 0. The molecule has 2 unspecified atom stereocenters. The molecule has 0 aromatic carbocycles. The van der Waals surface area contributed by atoms with Crippen LogP contribution in [-0.4, -0.2) is 24.5 Å². The second kappa shape index (κ2) is 5.68. The quantitative estimate of drug-likeness (QED) is 0.813. The molecule has 0 saturated carbocycles. The van der Waals surface area contributed by atoms with Gasteiger partial charge in [0.25, 0.3) is 0 Å². The molecule has 2 rings (SSSR count). The molecule has 1 aromatic rings. The van der Waals surface area contributed by atoms with E-state index in [2.05, 4.69) is 42.7 Å². The number of nitrogens with zero attached hydrogens (tertiary/aromatic N) is 1. The molecule has 92 valence electrons. The van der Waals surface area contributed by atoms with Crippen molar-refractivity contribution in [3.63, 3.8) is 0 Å². The zero-order valence-electron chi connectivity index (χ0n) is 10.6. The van der Waals surface area contributed by atoms with Gasteiger partial charge in [-0.2, -0.15) is 0 Å². The molecule has 0 spiro atoms. The molecule has 1 fully saturated rings. The third kappa shape index (κ3) is 3.32. The largest absolute Gasteiger partial charge is 0.320 e. The summed E-state index contributed by atoms with van der Waals surface area (Å²) in [6, 6.07) is 4.30. The Bertz CT molecular complexity index is 417. The van der Waals surface area contributed by atoms with Gasteiger partial charge >= 0.3 is 0 Å². The molecule has 3 heteroatoms. The van der Waals surface area contributed by atoms with Crippen LogP contribution < -0.4 is 5.73 Å². The van der Waals surface area contributed by atoms with Crippen molar-refractivity contribution in [3.8, 4) is 11.8 Å². The minimum atomic E-state index is 0.439. The fourth-order valence-corrected chi connectivity index (χ4v) is 3.19. The second-order valence-corrected chi connectivity index (χ2v) is 6.09. The van der Waals surface area contributed by atoms with E-state index in [0.717, 1.165) is 23.3 Å². The highest BCUT2D eigenvalue weighted by atomic mass is 32.1. The summed E-state index contributed by atoms with van der Waals surface area (Å²) >= 11 is 1.79. The lowest BCUT2D eigenvalue weighted by molar-refractivity contribution is 0.319. The third-order valence-electron chi connectivity index (χ3n) is 3.42. The fraction of sp³-hybridized carbons (Fsp3) is 0.571. The van der Waals surface area contributed by atoms with Gasteiger partial charge in [0.15, 0.2) is 0 Å². The van der Waals surface area contributed by atoms with Crippen molar-refractivity contribution in [2.45, 2.75) is 20.4 Å². The molecule has 1 aromatic heterocycles. The Balaban J connectivity index is 1.93. The molecule has 2 N–H and O–H groups in total. The SMILES string of the molecule is CC1CN(Cc2ccc(C#CCN)s2)CC1C. The normalized spacial score (nSPS) is 24.6. The summed E-state index contributed by atoms with van der Waals surface area (Å²) in [6.45, 7) is 8.65. The first-order valence-electron chi connectivity index (χ1n) is 6.19. The lowest BCUT2D eigenvalue weighted by Crippen LogP contribution is -2.19. The van der Waals surface area contributed by atoms with Crippen LogP contribution in [0.5, 0.6) is 0 Å². The van der Waals surface area contributed by atoms with Crippen molar-refractivity contribution in [3.05, 3.63) is 21.9 Å². The van der Waals surface area contributed by atoms with Crippen LogP contribution in [-0.2, 0) is 6.54 Å². The summed E-state index contributed by atoms with van der Waals surface area (Å²) in [5.74, 6) is 7.64. The molecule has 1 saturated heterocycles. The van der Waals surface area contributed by atoms with Crippen molar-refractivity contribution in [2.75, 3.05) is 19.6 Å². The summed E-state index contributed by atoms with van der Waals surface area (Å²) < 4.78 is 0. The van der Waals surface area contributed by atoms with Gasteiger partial charge in [-0.15, -0.1) is 11.3 Å². The third-order valence-corrected chi connectivity index (χ3v) is 4.40. The second-order valence-electron chi connectivity index (χ2n) is 4.92. The van der Waals surface area contributed by atoms with E-state index in [9.17, 15) is 0 Å². The zero-order valence-corrected chi connectivity index (χ0v) is 11.4. The molecular weight excluding hydrogens is 228 g/mol. The Morgan fingerprint density at radius 1 is 1.35 bits per heavy atom. The Kier molecular flexibility index (Phi) is 4.22. The van der Waals surface area contributed by atoms with E-state index >= 15 is 0 Å². The molecule has 2 nitrogen and oxygen atoms in total. The predicted octanol–water partition coefficient (Wildman–Crippen LogP) is 2.15. The number of nitrogens with two attached hydrogens (primary N) is 1. The van der Waals surface area contributed by atoms with E-state index in [1.54, 1.807) is 11.3 Å². The van der Waals surface area contributed by atoms with Crippen LogP contribution in [0, 0.1) is 23.7 Å². The molecule has 17 heavy (non-hydrogen) atoms. The number of hydrogen-bond donors (Lipinski definition) is 1. The molecule has 1 aliphatic rings. The first-order valence-corrected chi connectivity index (χ1v) is 7.00. The molecule has 1 aliphatic heterocycles. The van der Waals surface area contributed by atoms with E-state index in [-0.39, 0.29) is 0 Å². The van der Waals surface area contributed by atoms with Gasteiger partial charge in [0, 0.05) is 24.5 Å². The van der Waals surface area contributed by atoms with Gasteiger partial charge in [0.2, 0.25) is 0 Å². The van der Waals surface area contributed by atoms with Crippen LogP contribution >= 0.6 is 11.3 Å². The van der Waals surface area contributed by atoms with Gasteiger partial charge < -0.3 is 5.73 Å². The van der Waals surface area contributed by atoms with Crippen LogP contribution in [0.1, 0.15) is 23.6 Å². The molecule has 0 aliphatic carbocycles. The van der Waals surface area contributed by atoms with E-state index in [0.29, 0.717) is 6.54 Å². The van der Waals surface area contributed by atoms with Crippen LogP contribution in [0.25, 0.3) is 0 Å². The highest BCUT2D eigenvalue weighted by Gasteiger charge is 2.25. The summed E-state index contributed by atoms with van der Waals surface area (Å²) in [5.41, 5.74) is 5.37. The Labute approximate surface area is 108 Å². The number of hydrogen-bond acceptors (Lipinski definition) is 3. The molecule has 0 radical (unpaired) electrons. The average molecular weight is 248 g/mol. The predicted molar refractivity (Wildman–Crippen MR) is 73.9 cm³/mol. The van der Waals surface area contributed by atoms with Gasteiger partial charge in [-0.05, 0) is 24.0 Å². The Morgan fingerprint density at radius 3 is 2.71 bits per heavy atom. The smallest absolute Gasteiger partial charge is 0.0772 e. The van der Waals surface area contributed by atoms with Gasteiger partial charge in [0.1, 0.15) is 0 Å². The molecule has 0 amide bonds. The molecular formula is C14H20N2S. The summed E-state index contributed by atoms with van der Waals surface area (Å²) in [4.78, 5) is 5.08. The van der Waals surface area contributed by atoms with E-state index in [1.165, 1.54) is 18.0 Å². The van der Waals surface area contributed by atoms with Gasteiger partial charge in [-0.25, -0.2) is 0 Å². The van der Waals surface area contributed by atoms with Crippen LogP contribution in [0.3, 0.4) is 0 Å². The standard InChI is InChI=1S/C14H20N2S/c1-11-8-16(9-12(11)2)10-14-6-5-13(17-14)4-3-7-15/h5-6,11-12H,7-10,15H2,1-2H3. The van der Waals surface area contributed by atoms with E-state index in [1.807, 2.05) is 0 Å². The summed E-state index contributed by atoms with van der Waals surface area (Å²) in [5, 5.41) is 0. The maximum atomic E-state index is 5.37.